The van der Waals surface area contributed by atoms with Crippen molar-refractivity contribution in [1.29, 1.82) is 0 Å². The van der Waals surface area contributed by atoms with Crippen molar-refractivity contribution in [2.75, 3.05) is 21.3 Å². The summed E-state index contributed by atoms with van der Waals surface area (Å²) in [6.45, 7) is 2.35. The Labute approximate surface area is 136 Å². The molecule has 0 radical (unpaired) electrons. The standard InChI is InChI=1S/C18H21NO4/c1-12-5-7-14(8-6-12)18(20)19-11-13-9-15(21-2)17(23-4)16(10-13)22-3/h5-10H,11H2,1-4H3,(H,19,20). The van der Waals surface area contributed by atoms with Crippen LogP contribution in [0, 0.1) is 6.92 Å². The van der Waals surface area contributed by atoms with Gasteiger partial charge in [-0.05, 0) is 36.8 Å². The van der Waals surface area contributed by atoms with Gasteiger partial charge in [-0.25, -0.2) is 0 Å². The molecule has 1 N–H and O–H groups in total. The SMILES string of the molecule is COc1cc(CNC(=O)c2ccc(C)cc2)cc(OC)c1OC. The van der Waals surface area contributed by atoms with Crippen LogP contribution in [-0.2, 0) is 6.54 Å². The molecule has 0 saturated carbocycles. The Morgan fingerprint density at radius 1 is 0.957 bits per heavy atom. The number of amides is 1. The Balaban J connectivity index is 2.13. The summed E-state index contributed by atoms with van der Waals surface area (Å²) in [6, 6.07) is 11.1. The molecule has 0 aliphatic carbocycles. The number of benzene rings is 2. The van der Waals surface area contributed by atoms with Crippen LogP contribution in [0.25, 0.3) is 0 Å². The zero-order chi connectivity index (χ0) is 16.8. The smallest absolute Gasteiger partial charge is 0.251 e. The van der Waals surface area contributed by atoms with Gasteiger partial charge >= 0.3 is 0 Å². The minimum Gasteiger partial charge on any atom is -0.493 e. The molecular formula is C18H21NO4. The Morgan fingerprint density at radius 2 is 1.52 bits per heavy atom. The number of methoxy groups -OCH3 is 3. The molecule has 0 aliphatic heterocycles. The van der Waals surface area contributed by atoms with Crippen LogP contribution in [0.4, 0.5) is 0 Å². The molecule has 5 heteroatoms. The van der Waals surface area contributed by atoms with Crippen LogP contribution in [0.3, 0.4) is 0 Å². The topological polar surface area (TPSA) is 56.8 Å². The highest BCUT2D eigenvalue weighted by Gasteiger charge is 2.13. The van der Waals surface area contributed by atoms with E-state index in [2.05, 4.69) is 5.32 Å². The van der Waals surface area contributed by atoms with Crippen molar-refractivity contribution in [2.24, 2.45) is 0 Å². The number of carbonyl (C=O) groups excluding carboxylic acids is 1. The molecule has 1 amide bonds. The molecule has 0 aliphatic rings. The summed E-state index contributed by atoms with van der Waals surface area (Å²) in [5.41, 5.74) is 2.61. The zero-order valence-electron chi connectivity index (χ0n) is 13.8. The molecule has 2 aromatic carbocycles. The molecule has 0 aromatic heterocycles. The molecule has 23 heavy (non-hydrogen) atoms. The lowest BCUT2D eigenvalue weighted by molar-refractivity contribution is 0.0951. The van der Waals surface area contributed by atoms with Crippen molar-refractivity contribution in [3.63, 3.8) is 0 Å². The number of hydrogen-bond donors (Lipinski definition) is 1. The third kappa shape index (κ3) is 3.94. The van der Waals surface area contributed by atoms with Crippen LogP contribution in [0.15, 0.2) is 36.4 Å². The first-order valence-corrected chi connectivity index (χ1v) is 7.22. The monoisotopic (exact) mass is 315 g/mol. The zero-order valence-corrected chi connectivity index (χ0v) is 13.8. The van der Waals surface area contributed by atoms with Crippen LogP contribution in [-0.4, -0.2) is 27.2 Å². The summed E-state index contributed by atoms with van der Waals surface area (Å²) in [6.07, 6.45) is 0. The van der Waals surface area contributed by atoms with Gasteiger partial charge in [0.25, 0.3) is 5.91 Å². The van der Waals surface area contributed by atoms with Crippen LogP contribution < -0.4 is 19.5 Å². The van der Waals surface area contributed by atoms with Gasteiger partial charge < -0.3 is 19.5 Å². The summed E-state index contributed by atoms with van der Waals surface area (Å²) in [5, 5.41) is 2.88. The third-order valence-electron chi connectivity index (χ3n) is 3.49. The average molecular weight is 315 g/mol. The Bertz CT molecular complexity index is 655. The second-order valence-electron chi connectivity index (χ2n) is 5.08. The first kappa shape index (κ1) is 16.7. The van der Waals surface area contributed by atoms with Gasteiger partial charge in [-0.2, -0.15) is 0 Å². The van der Waals surface area contributed by atoms with E-state index in [1.807, 2.05) is 31.2 Å². The van der Waals surface area contributed by atoms with E-state index >= 15 is 0 Å². The van der Waals surface area contributed by atoms with Gasteiger partial charge in [-0.1, -0.05) is 17.7 Å². The maximum absolute atomic E-state index is 12.2. The van der Waals surface area contributed by atoms with Crippen molar-refractivity contribution in [3.8, 4) is 17.2 Å². The van der Waals surface area contributed by atoms with E-state index in [4.69, 9.17) is 14.2 Å². The van der Waals surface area contributed by atoms with Crippen molar-refractivity contribution in [2.45, 2.75) is 13.5 Å². The molecule has 0 atom stereocenters. The van der Waals surface area contributed by atoms with Gasteiger partial charge in [-0.3, -0.25) is 4.79 Å². The molecule has 0 saturated heterocycles. The predicted molar refractivity (Wildman–Crippen MR) is 88.4 cm³/mol. The van der Waals surface area contributed by atoms with E-state index < -0.39 is 0 Å². The van der Waals surface area contributed by atoms with Crippen LogP contribution in [0.5, 0.6) is 17.2 Å². The maximum atomic E-state index is 12.2. The highest BCUT2D eigenvalue weighted by atomic mass is 16.5. The number of carbonyl (C=O) groups is 1. The Morgan fingerprint density at radius 3 is 2.00 bits per heavy atom. The molecule has 0 bridgehead atoms. The minimum absolute atomic E-state index is 0.126. The van der Waals surface area contributed by atoms with E-state index in [9.17, 15) is 4.79 Å². The average Bonchev–Trinajstić information content (AvgIpc) is 2.59. The quantitative estimate of drug-likeness (QED) is 0.890. The lowest BCUT2D eigenvalue weighted by atomic mass is 10.1. The highest BCUT2D eigenvalue weighted by Crippen LogP contribution is 2.38. The van der Waals surface area contributed by atoms with E-state index in [0.717, 1.165) is 11.1 Å². The summed E-state index contributed by atoms with van der Waals surface area (Å²) in [4.78, 5) is 12.2. The molecule has 0 fully saturated rings. The van der Waals surface area contributed by atoms with Crippen LogP contribution >= 0.6 is 0 Å². The fraction of sp³-hybridized carbons (Fsp3) is 0.278. The molecular weight excluding hydrogens is 294 g/mol. The lowest BCUT2D eigenvalue weighted by Gasteiger charge is -2.14. The molecule has 122 valence electrons. The van der Waals surface area contributed by atoms with Crippen molar-refractivity contribution in [3.05, 3.63) is 53.1 Å². The molecule has 0 heterocycles. The fourth-order valence-electron chi connectivity index (χ4n) is 2.23. The number of aryl methyl sites for hydroxylation is 1. The number of nitrogens with one attached hydrogen (secondary N) is 1. The number of hydrogen-bond acceptors (Lipinski definition) is 4. The Hall–Kier alpha value is -2.69. The molecule has 2 rings (SSSR count). The first-order chi connectivity index (χ1) is 11.1. The van der Waals surface area contributed by atoms with Gasteiger partial charge in [0.05, 0.1) is 21.3 Å². The highest BCUT2D eigenvalue weighted by molar-refractivity contribution is 5.94. The van der Waals surface area contributed by atoms with Gasteiger partial charge in [-0.15, -0.1) is 0 Å². The fourth-order valence-corrected chi connectivity index (χ4v) is 2.23. The molecule has 2 aromatic rings. The normalized spacial score (nSPS) is 10.1. The summed E-state index contributed by atoms with van der Waals surface area (Å²) in [5.74, 6) is 1.53. The van der Waals surface area contributed by atoms with E-state index in [1.165, 1.54) is 0 Å². The maximum Gasteiger partial charge on any atom is 0.251 e. The van der Waals surface area contributed by atoms with Crippen molar-refractivity contribution in [1.82, 2.24) is 5.32 Å². The van der Waals surface area contributed by atoms with Crippen molar-refractivity contribution >= 4 is 5.91 Å². The van der Waals surface area contributed by atoms with E-state index in [-0.39, 0.29) is 5.91 Å². The molecule has 0 unspecified atom stereocenters. The second-order valence-corrected chi connectivity index (χ2v) is 5.08. The molecule has 0 spiro atoms. The van der Waals surface area contributed by atoms with Crippen LogP contribution in [0.1, 0.15) is 21.5 Å². The van der Waals surface area contributed by atoms with Crippen molar-refractivity contribution < 1.29 is 19.0 Å². The van der Waals surface area contributed by atoms with Gasteiger partial charge in [0.15, 0.2) is 11.5 Å². The van der Waals surface area contributed by atoms with Gasteiger partial charge in [0.1, 0.15) is 0 Å². The van der Waals surface area contributed by atoms with Gasteiger partial charge in [0, 0.05) is 12.1 Å². The summed E-state index contributed by atoms with van der Waals surface area (Å²) < 4.78 is 15.9. The predicted octanol–water partition coefficient (Wildman–Crippen LogP) is 2.95. The lowest BCUT2D eigenvalue weighted by Crippen LogP contribution is -2.22. The third-order valence-corrected chi connectivity index (χ3v) is 3.49. The van der Waals surface area contributed by atoms with Crippen LogP contribution in [0.2, 0.25) is 0 Å². The van der Waals surface area contributed by atoms with Gasteiger partial charge in [0.2, 0.25) is 5.75 Å². The summed E-state index contributed by atoms with van der Waals surface area (Å²) >= 11 is 0. The minimum atomic E-state index is -0.126. The largest absolute Gasteiger partial charge is 0.493 e. The Kier molecular flexibility index (Phi) is 5.46. The second kappa shape index (κ2) is 7.54. The van der Waals surface area contributed by atoms with E-state index in [1.54, 1.807) is 33.5 Å². The number of rotatable bonds is 6. The molecule has 5 nitrogen and oxygen atoms in total. The first-order valence-electron chi connectivity index (χ1n) is 7.22. The summed E-state index contributed by atoms with van der Waals surface area (Å²) in [7, 11) is 4.68. The van der Waals surface area contributed by atoms with E-state index in [0.29, 0.717) is 29.4 Å². The number of ether oxygens (including phenoxy) is 3.